The highest BCUT2D eigenvalue weighted by Crippen LogP contribution is 2.14. The summed E-state index contributed by atoms with van der Waals surface area (Å²) in [5, 5.41) is 0. The first-order valence-electron chi connectivity index (χ1n) is 7.02. The lowest BCUT2D eigenvalue weighted by Gasteiger charge is -2.27. The van der Waals surface area contributed by atoms with E-state index in [9.17, 15) is 4.39 Å². The molecular weight excluding hydrogens is 255 g/mol. The first-order valence-corrected chi connectivity index (χ1v) is 7.02. The SMILES string of the molecule is CCN(C)CC(C)N(C)Cc1nc2ccc(F)cc2[nH]1. The highest BCUT2D eigenvalue weighted by atomic mass is 19.1. The summed E-state index contributed by atoms with van der Waals surface area (Å²) in [6.07, 6.45) is 0. The number of likely N-dealkylation sites (N-methyl/N-ethyl adjacent to an activating group) is 2. The lowest BCUT2D eigenvalue weighted by Crippen LogP contribution is -2.38. The molecule has 0 bridgehead atoms. The van der Waals surface area contributed by atoms with E-state index in [0.29, 0.717) is 6.04 Å². The normalized spacial score (nSPS) is 13.6. The predicted molar refractivity (Wildman–Crippen MR) is 80.2 cm³/mol. The second kappa shape index (κ2) is 6.33. The van der Waals surface area contributed by atoms with E-state index in [4.69, 9.17) is 0 Å². The van der Waals surface area contributed by atoms with Gasteiger partial charge in [0.25, 0.3) is 0 Å². The Bertz CT molecular complexity index is 566. The van der Waals surface area contributed by atoms with Crippen molar-refractivity contribution in [1.29, 1.82) is 0 Å². The molecule has 0 amide bonds. The van der Waals surface area contributed by atoms with Crippen LogP contribution in [0.3, 0.4) is 0 Å². The average molecular weight is 278 g/mol. The van der Waals surface area contributed by atoms with Crippen molar-refractivity contribution >= 4 is 11.0 Å². The third-order valence-electron chi connectivity index (χ3n) is 3.76. The summed E-state index contributed by atoms with van der Waals surface area (Å²) in [6.45, 7) is 7.15. The number of nitrogens with one attached hydrogen (secondary N) is 1. The fraction of sp³-hybridized carbons (Fsp3) is 0.533. The van der Waals surface area contributed by atoms with Crippen LogP contribution in [-0.2, 0) is 6.54 Å². The first kappa shape index (κ1) is 14.9. The molecule has 0 radical (unpaired) electrons. The Kier molecular flexibility index (Phi) is 4.73. The van der Waals surface area contributed by atoms with Gasteiger partial charge < -0.3 is 9.88 Å². The molecule has 110 valence electrons. The van der Waals surface area contributed by atoms with Crippen LogP contribution >= 0.6 is 0 Å². The van der Waals surface area contributed by atoms with Gasteiger partial charge in [-0.3, -0.25) is 4.90 Å². The molecule has 1 unspecified atom stereocenters. The van der Waals surface area contributed by atoms with Gasteiger partial charge in [-0.1, -0.05) is 6.92 Å². The van der Waals surface area contributed by atoms with Gasteiger partial charge in [-0.05, 0) is 45.8 Å². The number of aromatic amines is 1. The number of hydrogen-bond donors (Lipinski definition) is 1. The minimum absolute atomic E-state index is 0.237. The van der Waals surface area contributed by atoms with Crippen LogP contribution in [0, 0.1) is 5.82 Å². The van der Waals surface area contributed by atoms with Gasteiger partial charge in [0.05, 0.1) is 17.6 Å². The highest BCUT2D eigenvalue weighted by molar-refractivity contribution is 5.74. The predicted octanol–water partition coefficient (Wildman–Crippen LogP) is 2.47. The smallest absolute Gasteiger partial charge is 0.125 e. The van der Waals surface area contributed by atoms with Crippen LogP contribution in [0.25, 0.3) is 11.0 Å². The summed E-state index contributed by atoms with van der Waals surface area (Å²) in [4.78, 5) is 12.2. The highest BCUT2D eigenvalue weighted by Gasteiger charge is 2.13. The van der Waals surface area contributed by atoms with Gasteiger partial charge in [-0.25, -0.2) is 9.37 Å². The Morgan fingerprint density at radius 2 is 2.10 bits per heavy atom. The molecule has 0 spiro atoms. The van der Waals surface area contributed by atoms with Crippen LogP contribution in [-0.4, -0.2) is 53.0 Å². The van der Waals surface area contributed by atoms with Crippen LogP contribution in [0.5, 0.6) is 0 Å². The molecular formula is C15H23FN4. The van der Waals surface area contributed by atoms with Crippen molar-refractivity contribution in [2.45, 2.75) is 26.4 Å². The minimum atomic E-state index is -0.237. The molecule has 0 aliphatic heterocycles. The molecule has 1 heterocycles. The van der Waals surface area contributed by atoms with E-state index < -0.39 is 0 Å². The van der Waals surface area contributed by atoms with Gasteiger partial charge in [0.15, 0.2) is 0 Å². The molecule has 1 aromatic heterocycles. The van der Waals surface area contributed by atoms with E-state index in [2.05, 4.69) is 47.7 Å². The van der Waals surface area contributed by atoms with Crippen LogP contribution < -0.4 is 0 Å². The summed E-state index contributed by atoms with van der Waals surface area (Å²) in [5.74, 6) is 0.637. The maximum atomic E-state index is 13.2. The molecule has 4 nitrogen and oxygen atoms in total. The Balaban J connectivity index is 2.03. The van der Waals surface area contributed by atoms with Crippen molar-refractivity contribution in [1.82, 2.24) is 19.8 Å². The molecule has 1 atom stereocenters. The van der Waals surface area contributed by atoms with Gasteiger partial charge in [0.2, 0.25) is 0 Å². The summed E-state index contributed by atoms with van der Waals surface area (Å²) < 4.78 is 13.2. The molecule has 2 rings (SSSR count). The van der Waals surface area contributed by atoms with Gasteiger partial charge in [0.1, 0.15) is 11.6 Å². The van der Waals surface area contributed by atoms with Gasteiger partial charge in [0, 0.05) is 12.6 Å². The number of aromatic nitrogens is 2. The Labute approximate surface area is 119 Å². The summed E-state index contributed by atoms with van der Waals surface area (Å²) >= 11 is 0. The number of benzene rings is 1. The Morgan fingerprint density at radius 3 is 2.80 bits per heavy atom. The number of imidazole rings is 1. The molecule has 1 N–H and O–H groups in total. The molecule has 1 aromatic carbocycles. The zero-order chi connectivity index (χ0) is 14.7. The van der Waals surface area contributed by atoms with Crippen molar-refractivity contribution in [3.05, 3.63) is 29.8 Å². The van der Waals surface area contributed by atoms with Crippen molar-refractivity contribution in [3.8, 4) is 0 Å². The lowest BCUT2D eigenvalue weighted by atomic mass is 10.2. The van der Waals surface area contributed by atoms with Gasteiger partial charge >= 0.3 is 0 Å². The molecule has 0 saturated carbocycles. The lowest BCUT2D eigenvalue weighted by molar-refractivity contribution is 0.188. The molecule has 0 aliphatic carbocycles. The van der Waals surface area contributed by atoms with Crippen molar-refractivity contribution in [3.63, 3.8) is 0 Å². The van der Waals surface area contributed by atoms with Gasteiger partial charge in [-0.15, -0.1) is 0 Å². The van der Waals surface area contributed by atoms with E-state index in [1.165, 1.54) is 12.1 Å². The number of rotatable bonds is 6. The number of halogens is 1. The van der Waals surface area contributed by atoms with E-state index >= 15 is 0 Å². The summed E-state index contributed by atoms with van der Waals surface area (Å²) in [6, 6.07) is 5.07. The number of fused-ring (bicyclic) bond motifs is 1. The van der Waals surface area contributed by atoms with Crippen molar-refractivity contribution in [2.75, 3.05) is 27.2 Å². The second-order valence-corrected chi connectivity index (χ2v) is 5.46. The minimum Gasteiger partial charge on any atom is -0.341 e. The summed E-state index contributed by atoms with van der Waals surface area (Å²) in [7, 11) is 4.20. The third-order valence-corrected chi connectivity index (χ3v) is 3.76. The largest absolute Gasteiger partial charge is 0.341 e. The van der Waals surface area contributed by atoms with Crippen LogP contribution in [0.15, 0.2) is 18.2 Å². The monoisotopic (exact) mass is 278 g/mol. The number of nitrogens with zero attached hydrogens (tertiary/aromatic N) is 3. The van der Waals surface area contributed by atoms with E-state index in [1.807, 2.05) is 0 Å². The molecule has 0 aliphatic rings. The van der Waals surface area contributed by atoms with Crippen molar-refractivity contribution < 1.29 is 4.39 Å². The maximum absolute atomic E-state index is 13.2. The Morgan fingerprint density at radius 1 is 1.35 bits per heavy atom. The van der Waals surface area contributed by atoms with E-state index in [0.717, 1.165) is 36.5 Å². The average Bonchev–Trinajstić information content (AvgIpc) is 2.79. The fourth-order valence-corrected chi connectivity index (χ4v) is 2.22. The zero-order valence-electron chi connectivity index (χ0n) is 12.7. The molecule has 20 heavy (non-hydrogen) atoms. The molecule has 0 saturated heterocycles. The first-order chi connectivity index (χ1) is 9.49. The third kappa shape index (κ3) is 3.55. The zero-order valence-corrected chi connectivity index (χ0v) is 12.7. The topological polar surface area (TPSA) is 35.2 Å². The molecule has 2 aromatic rings. The Hall–Kier alpha value is -1.46. The van der Waals surface area contributed by atoms with Crippen LogP contribution in [0.2, 0.25) is 0 Å². The molecule has 5 heteroatoms. The van der Waals surface area contributed by atoms with Crippen LogP contribution in [0.4, 0.5) is 4.39 Å². The number of hydrogen-bond acceptors (Lipinski definition) is 3. The summed E-state index contributed by atoms with van der Waals surface area (Å²) in [5.41, 5.74) is 1.57. The van der Waals surface area contributed by atoms with Crippen LogP contribution in [0.1, 0.15) is 19.7 Å². The van der Waals surface area contributed by atoms with Gasteiger partial charge in [-0.2, -0.15) is 0 Å². The number of H-pyrrole nitrogens is 1. The quantitative estimate of drug-likeness (QED) is 0.881. The second-order valence-electron chi connectivity index (χ2n) is 5.46. The molecule has 0 fully saturated rings. The van der Waals surface area contributed by atoms with Crippen molar-refractivity contribution in [2.24, 2.45) is 0 Å². The maximum Gasteiger partial charge on any atom is 0.125 e. The fourth-order valence-electron chi connectivity index (χ4n) is 2.22. The van der Waals surface area contributed by atoms with E-state index in [-0.39, 0.29) is 5.82 Å². The van der Waals surface area contributed by atoms with E-state index in [1.54, 1.807) is 6.07 Å². The standard InChI is InChI=1S/C15H23FN4/c1-5-19(3)9-11(2)20(4)10-15-17-13-7-6-12(16)8-14(13)18-15/h6-8,11H,5,9-10H2,1-4H3,(H,17,18).